The number of hydrogen-bond donors (Lipinski definition) is 2. The third-order valence-electron chi connectivity index (χ3n) is 4.66. The number of carbonyl (C=O) groups excluding carboxylic acids is 1. The van der Waals surface area contributed by atoms with E-state index in [1.54, 1.807) is 49.4 Å². The topological polar surface area (TPSA) is 77.2 Å². The number of allylic oxidation sites excluding steroid dienone is 1. The van der Waals surface area contributed by atoms with E-state index in [0.717, 1.165) is 10.3 Å². The lowest BCUT2D eigenvalue weighted by Gasteiger charge is -2.11. The molecule has 3 aromatic carbocycles. The maximum Gasteiger partial charge on any atom is 0.418 e. The molecule has 4 rings (SSSR count). The zero-order valence-electron chi connectivity index (χ0n) is 17.1. The van der Waals surface area contributed by atoms with Gasteiger partial charge in [0.15, 0.2) is 5.13 Å². The first-order valence-corrected chi connectivity index (χ1v) is 10.9. The number of nitrogens with one attached hydrogen (secondary N) is 1. The number of nitrogens with two attached hydrogens (primary N) is 1. The Kier molecular flexibility index (Phi) is 6.12. The van der Waals surface area contributed by atoms with Crippen LogP contribution in [0.2, 0.25) is 5.02 Å². The van der Waals surface area contributed by atoms with E-state index < -0.39 is 11.9 Å². The summed E-state index contributed by atoms with van der Waals surface area (Å²) in [6, 6.07) is 16.0. The van der Waals surface area contributed by atoms with Gasteiger partial charge in [-0.1, -0.05) is 53.8 Å². The summed E-state index contributed by atoms with van der Waals surface area (Å²) in [5.41, 5.74) is 9.18. The van der Waals surface area contributed by atoms with Gasteiger partial charge in [-0.3, -0.25) is 5.32 Å². The van der Waals surface area contributed by atoms with Gasteiger partial charge in [0.1, 0.15) is 5.82 Å². The maximum absolute atomic E-state index is 15.8. The monoisotopic (exact) mass is 467 g/mol. The smallest absolute Gasteiger partial charge is 0.416 e. The molecule has 0 spiro atoms. The number of rotatable bonds is 5. The number of amides is 1. The first kappa shape index (κ1) is 21.8. The predicted molar refractivity (Wildman–Crippen MR) is 129 cm³/mol. The molecule has 0 radical (unpaired) electrons. The normalized spacial score (nSPS) is 10.8. The standard InChI is InChI=1S/C24H19ClFN3O2S/c1-13(2)31-24(30)29-23-28-22-19(32-23)12-16(10-14-6-8-18(27)9-7-14)21(26)20(22)15-4-3-5-17(25)11-15/h3-9,11-12H,1,10,27H2,2H3,(H,28,29,30). The molecule has 0 saturated heterocycles. The Morgan fingerprint density at radius 1 is 1.25 bits per heavy atom. The zero-order valence-corrected chi connectivity index (χ0v) is 18.7. The fourth-order valence-electron chi connectivity index (χ4n) is 3.31. The van der Waals surface area contributed by atoms with E-state index in [0.29, 0.717) is 44.5 Å². The van der Waals surface area contributed by atoms with Crippen molar-refractivity contribution < 1.29 is 13.9 Å². The Labute approximate surface area is 193 Å². The zero-order chi connectivity index (χ0) is 22.8. The summed E-state index contributed by atoms with van der Waals surface area (Å²) < 4.78 is 21.5. The Bertz CT molecular complexity index is 1340. The summed E-state index contributed by atoms with van der Waals surface area (Å²) in [6.07, 6.45) is -0.336. The predicted octanol–water partition coefficient (Wildman–Crippen LogP) is 7.01. The van der Waals surface area contributed by atoms with Gasteiger partial charge in [0.25, 0.3) is 0 Å². The van der Waals surface area contributed by atoms with Crippen molar-refractivity contribution in [1.29, 1.82) is 0 Å². The number of hydrogen-bond acceptors (Lipinski definition) is 5. The fourth-order valence-corrected chi connectivity index (χ4v) is 4.43. The van der Waals surface area contributed by atoms with Crippen LogP contribution in [0.4, 0.5) is 20.0 Å². The second-order valence-electron chi connectivity index (χ2n) is 7.24. The molecule has 3 N–H and O–H groups in total. The molecule has 4 aromatic rings. The van der Waals surface area contributed by atoms with E-state index in [4.69, 9.17) is 22.1 Å². The first-order chi connectivity index (χ1) is 15.3. The van der Waals surface area contributed by atoms with Gasteiger partial charge in [0, 0.05) is 22.7 Å². The molecule has 0 unspecified atom stereocenters. The molecule has 0 aliphatic rings. The van der Waals surface area contributed by atoms with Gasteiger partial charge in [-0.05, 0) is 53.9 Å². The van der Waals surface area contributed by atoms with E-state index in [2.05, 4.69) is 16.9 Å². The molecule has 0 bridgehead atoms. The number of halogens is 2. The number of thiazole rings is 1. The van der Waals surface area contributed by atoms with Crippen LogP contribution >= 0.6 is 22.9 Å². The van der Waals surface area contributed by atoms with Gasteiger partial charge >= 0.3 is 6.09 Å². The molecule has 0 aliphatic heterocycles. The number of nitrogens with zero attached hydrogens (tertiary/aromatic N) is 1. The molecular formula is C24H19ClFN3O2S. The van der Waals surface area contributed by atoms with Crippen LogP contribution in [-0.4, -0.2) is 11.1 Å². The molecule has 5 nitrogen and oxygen atoms in total. The van der Waals surface area contributed by atoms with Crippen LogP contribution in [0.1, 0.15) is 18.1 Å². The SMILES string of the molecule is C=C(C)OC(=O)Nc1nc2c(-c3cccc(Cl)c3)c(F)c(Cc3ccc(N)cc3)cc2s1. The Morgan fingerprint density at radius 2 is 2.00 bits per heavy atom. The summed E-state index contributed by atoms with van der Waals surface area (Å²) in [5.74, 6) is -0.141. The highest BCUT2D eigenvalue weighted by Crippen LogP contribution is 2.39. The summed E-state index contributed by atoms with van der Waals surface area (Å²) in [5, 5.41) is 3.34. The summed E-state index contributed by atoms with van der Waals surface area (Å²) in [6.45, 7) is 5.10. The van der Waals surface area contributed by atoms with E-state index in [1.165, 1.54) is 11.3 Å². The summed E-state index contributed by atoms with van der Waals surface area (Å²) in [4.78, 5) is 16.4. The van der Waals surface area contributed by atoms with Gasteiger partial charge in [-0.25, -0.2) is 14.2 Å². The van der Waals surface area contributed by atoms with Gasteiger partial charge in [0.05, 0.1) is 16.0 Å². The average molecular weight is 468 g/mol. The molecule has 0 fully saturated rings. The number of fused-ring (bicyclic) bond motifs is 1. The molecule has 0 atom stereocenters. The largest absolute Gasteiger partial charge is 0.418 e. The molecule has 32 heavy (non-hydrogen) atoms. The Morgan fingerprint density at radius 3 is 2.69 bits per heavy atom. The Balaban J connectivity index is 1.84. The second kappa shape index (κ2) is 8.98. The number of anilines is 2. The van der Waals surface area contributed by atoms with Crippen molar-refractivity contribution in [3.8, 4) is 11.1 Å². The number of ether oxygens (including phenoxy) is 1. The molecular weight excluding hydrogens is 449 g/mol. The van der Waals surface area contributed by atoms with Crippen LogP contribution in [0.15, 0.2) is 66.9 Å². The summed E-state index contributed by atoms with van der Waals surface area (Å²) >= 11 is 7.40. The fraction of sp³-hybridized carbons (Fsp3) is 0.0833. The minimum absolute atomic E-state index is 0.250. The van der Waals surface area contributed by atoms with Crippen molar-refractivity contribution in [1.82, 2.24) is 4.98 Å². The van der Waals surface area contributed by atoms with Gasteiger partial charge in [-0.15, -0.1) is 0 Å². The van der Waals surface area contributed by atoms with Gasteiger partial charge < -0.3 is 10.5 Å². The highest BCUT2D eigenvalue weighted by atomic mass is 35.5. The van der Waals surface area contributed by atoms with E-state index >= 15 is 4.39 Å². The van der Waals surface area contributed by atoms with Crippen molar-refractivity contribution in [3.05, 3.63) is 88.9 Å². The van der Waals surface area contributed by atoms with Crippen molar-refractivity contribution in [2.75, 3.05) is 11.1 Å². The molecule has 0 aliphatic carbocycles. The molecule has 0 saturated carbocycles. The van der Waals surface area contributed by atoms with E-state index in [9.17, 15) is 4.79 Å². The molecule has 1 aromatic heterocycles. The van der Waals surface area contributed by atoms with Gasteiger partial charge in [-0.2, -0.15) is 0 Å². The molecule has 1 heterocycles. The third-order valence-corrected chi connectivity index (χ3v) is 5.81. The highest BCUT2D eigenvalue weighted by Gasteiger charge is 2.20. The molecule has 8 heteroatoms. The third kappa shape index (κ3) is 4.74. The first-order valence-electron chi connectivity index (χ1n) is 9.67. The van der Waals surface area contributed by atoms with Crippen molar-refractivity contribution in [2.45, 2.75) is 13.3 Å². The van der Waals surface area contributed by atoms with Crippen molar-refractivity contribution >= 4 is 50.1 Å². The van der Waals surface area contributed by atoms with Crippen LogP contribution < -0.4 is 11.1 Å². The minimum atomic E-state index is -0.705. The lowest BCUT2D eigenvalue weighted by molar-refractivity contribution is 0.192. The number of nitrogen functional groups attached to an aromatic ring is 1. The minimum Gasteiger partial charge on any atom is -0.416 e. The number of aromatic nitrogens is 1. The number of carbonyl (C=O) groups is 1. The molecule has 162 valence electrons. The van der Waals surface area contributed by atoms with Crippen molar-refractivity contribution in [3.63, 3.8) is 0 Å². The van der Waals surface area contributed by atoms with Crippen LogP contribution in [-0.2, 0) is 11.2 Å². The Hall–Kier alpha value is -3.42. The highest BCUT2D eigenvalue weighted by molar-refractivity contribution is 7.22. The maximum atomic E-state index is 15.8. The van der Waals surface area contributed by atoms with E-state index in [1.807, 2.05) is 12.1 Å². The quantitative estimate of drug-likeness (QED) is 0.244. The van der Waals surface area contributed by atoms with Gasteiger partial charge in [0.2, 0.25) is 0 Å². The molecule has 1 amide bonds. The van der Waals surface area contributed by atoms with Crippen LogP contribution in [0.3, 0.4) is 0 Å². The lowest BCUT2D eigenvalue weighted by Crippen LogP contribution is -2.11. The van der Waals surface area contributed by atoms with Crippen LogP contribution in [0, 0.1) is 5.82 Å². The average Bonchev–Trinajstić information content (AvgIpc) is 3.11. The van der Waals surface area contributed by atoms with Crippen LogP contribution in [0.5, 0.6) is 0 Å². The lowest BCUT2D eigenvalue weighted by atomic mass is 9.97. The summed E-state index contributed by atoms with van der Waals surface area (Å²) in [7, 11) is 0. The van der Waals surface area contributed by atoms with E-state index in [-0.39, 0.29) is 5.76 Å². The second-order valence-corrected chi connectivity index (χ2v) is 8.70. The number of benzene rings is 3. The van der Waals surface area contributed by atoms with Crippen LogP contribution in [0.25, 0.3) is 21.3 Å². The van der Waals surface area contributed by atoms with Crippen molar-refractivity contribution in [2.24, 2.45) is 0 Å².